The van der Waals surface area contributed by atoms with Crippen molar-refractivity contribution >= 4 is 23.2 Å². The Morgan fingerprint density at radius 2 is 2.00 bits per heavy atom. The van der Waals surface area contributed by atoms with E-state index in [1.165, 1.54) is 12.1 Å². The van der Waals surface area contributed by atoms with E-state index >= 15 is 0 Å². The molecule has 0 radical (unpaired) electrons. The van der Waals surface area contributed by atoms with Crippen LogP contribution in [-0.2, 0) is 0 Å². The summed E-state index contributed by atoms with van der Waals surface area (Å²) >= 11 is 11.7. The molecule has 0 heterocycles. The van der Waals surface area contributed by atoms with Gasteiger partial charge in [0.1, 0.15) is 5.75 Å². The molecule has 0 unspecified atom stereocenters. The third-order valence-corrected chi connectivity index (χ3v) is 2.94. The number of phenolic OH excluding ortho intramolecular Hbond substituents is 1. The number of hydrogen-bond acceptors (Lipinski definition) is 3. The first kappa shape index (κ1) is 13.6. The highest BCUT2D eigenvalue weighted by Gasteiger charge is 2.22. The highest BCUT2D eigenvalue weighted by molar-refractivity contribution is 6.35. The second-order valence-corrected chi connectivity index (χ2v) is 4.55. The molecule has 0 spiro atoms. The quantitative estimate of drug-likeness (QED) is 0.783. The van der Waals surface area contributed by atoms with E-state index in [1.807, 2.05) is 6.92 Å². The Hall–Kier alpha value is -0.480. The maximum Gasteiger partial charge on any atom is 0.123 e. The molecule has 0 fully saturated rings. The van der Waals surface area contributed by atoms with Crippen molar-refractivity contribution < 1.29 is 10.2 Å². The summed E-state index contributed by atoms with van der Waals surface area (Å²) in [5, 5.41) is 20.1. The van der Waals surface area contributed by atoms with Gasteiger partial charge in [0.15, 0.2) is 0 Å². The summed E-state index contributed by atoms with van der Waals surface area (Å²) in [6, 6.07) is 2.16. The van der Waals surface area contributed by atoms with Gasteiger partial charge in [-0.25, -0.2) is 0 Å². The molecule has 5 heteroatoms. The number of hydrogen-bond donors (Lipinski definition) is 3. The van der Waals surface area contributed by atoms with Crippen molar-refractivity contribution in [1.29, 1.82) is 0 Å². The lowest BCUT2D eigenvalue weighted by Crippen LogP contribution is -2.26. The van der Waals surface area contributed by atoms with Crippen LogP contribution in [-0.4, -0.2) is 16.3 Å². The second-order valence-electron chi connectivity index (χ2n) is 3.70. The van der Waals surface area contributed by atoms with Gasteiger partial charge in [0.25, 0.3) is 0 Å². The van der Waals surface area contributed by atoms with E-state index in [4.69, 9.17) is 28.9 Å². The molecular weight excluding hydrogens is 249 g/mol. The van der Waals surface area contributed by atoms with E-state index in [2.05, 4.69) is 0 Å². The Balaban J connectivity index is 3.03. The van der Waals surface area contributed by atoms with E-state index in [0.29, 0.717) is 17.0 Å². The fraction of sp³-hybridized carbons (Fsp3) is 0.455. The van der Waals surface area contributed by atoms with Gasteiger partial charge in [0, 0.05) is 10.6 Å². The van der Waals surface area contributed by atoms with Gasteiger partial charge >= 0.3 is 0 Å². The van der Waals surface area contributed by atoms with Crippen LogP contribution >= 0.6 is 23.2 Å². The molecule has 16 heavy (non-hydrogen) atoms. The van der Waals surface area contributed by atoms with Gasteiger partial charge in [-0.05, 0) is 18.6 Å². The van der Waals surface area contributed by atoms with Crippen molar-refractivity contribution in [2.75, 3.05) is 0 Å². The minimum Gasteiger partial charge on any atom is -0.507 e. The zero-order chi connectivity index (χ0) is 12.3. The number of aromatic hydroxyl groups is 1. The van der Waals surface area contributed by atoms with Gasteiger partial charge in [-0.1, -0.05) is 36.5 Å². The van der Waals surface area contributed by atoms with Crippen molar-refractivity contribution in [3.8, 4) is 5.75 Å². The van der Waals surface area contributed by atoms with Crippen LogP contribution in [0.1, 0.15) is 31.4 Å². The molecule has 1 rings (SSSR count). The molecule has 1 aromatic rings. The maximum absolute atomic E-state index is 9.76. The average molecular weight is 264 g/mol. The number of nitrogens with two attached hydrogens (primary N) is 1. The van der Waals surface area contributed by atoms with Gasteiger partial charge in [0.2, 0.25) is 0 Å². The van der Waals surface area contributed by atoms with Crippen molar-refractivity contribution in [3.05, 3.63) is 27.7 Å². The summed E-state index contributed by atoms with van der Waals surface area (Å²) in [6.45, 7) is 1.94. The maximum atomic E-state index is 9.76. The van der Waals surface area contributed by atoms with Crippen LogP contribution in [0, 0.1) is 0 Å². The first-order valence-corrected chi connectivity index (χ1v) is 5.84. The molecule has 0 aliphatic heterocycles. The average Bonchev–Trinajstić information content (AvgIpc) is 2.16. The number of benzene rings is 1. The fourth-order valence-electron chi connectivity index (χ4n) is 1.57. The van der Waals surface area contributed by atoms with Gasteiger partial charge in [-0.2, -0.15) is 0 Å². The molecular formula is C11H15Cl2NO2. The Bertz CT molecular complexity index is 348. The van der Waals surface area contributed by atoms with Gasteiger partial charge < -0.3 is 15.9 Å². The molecule has 1 aromatic carbocycles. The van der Waals surface area contributed by atoms with E-state index in [0.717, 1.165) is 6.42 Å². The SMILES string of the molecule is CCC[C@H](O)[C@H](N)c1c(O)cc(Cl)cc1Cl. The zero-order valence-electron chi connectivity index (χ0n) is 8.95. The van der Waals surface area contributed by atoms with Crippen LogP contribution in [0.15, 0.2) is 12.1 Å². The Labute approximate surface area is 105 Å². The Kier molecular flexibility index (Phi) is 4.87. The Morgan fingerprint density at radius 3 is 2.50 bits per heavy atom. The normalized spacial score (nSPS) is 14.8. The monoisotopic (exact) mass is 263 g/mol. The summed E-state index contributed by atoms with van der Waals surface area (Å²) in [7, 11) is 0. The summed E-state index contributed by atoms with van der Waals surface area (Å²) < 4.78 is 0. The summed E-state index contributed by atoms with van der Waals surface area (Å²) in [6.07, 6.45) is 0.634. The minimum absolute atomic E-state index is 0.0832. The smallest absolute Gasteiger partial charge is 0.123 e. The summed E-state index contributed by atoms with van der Waals surface area (Å²) in [4.78, 5) is 0. The van der Waals surface area contributed by atoms with E-state index in [1.54, 1.807) is 0 Å². The number of rotatable bonds is 4. The lowest BCUT2D eigenvalue weighted by Gasteiger charge is -2.20. The molecule has 0 aliphatic carbocycles. The molecule has 90 valence electrons. The van der Waals surface area contributed by atoms with E-state index < -0.39 is 12.1 Å². The predicted molar refractivity (Wildman–Crippen MR) is 66.0 cm³/mol. The molecule has 4 N–H and O–H groups in total. The molecule has 3 nitrogen and oxygen atoms in total. The van der Waals surface area contributed by atoms with E-state index in [-0.39, 0.29) is 10.8 Å². The number of halogens is 2. The predicted octanol–water partition coefficient (Wildman–Crippen LogP) is 2.86. The largest absolute Gasteiger partial charge is 0.507 e. The Morgan fingerprint density at radius 1 is 1.38 bits per heavy atom. The van der Waals surface area contributed by atoms with Crippen molar-refractivity contribution in [1.82, 2.24) is 0 Å². The van der Waals surface area contributed by atoms with E-state index in [9.17, 15) is 10.2 Å². The highest BCUT2D eigenvalue weighted by atomic mass is 35.5. The van der Waals surface area contributed by atoms with Crippen LogP contribution in [0.5, 0.6) is 5.75 Å². The van der Waals surface area contributed by atoms with Gasteiger partial charge in [-0.15, -0.1) is 0 Å². The topological polar surface area (TPSA) is 66.5 Å². The van der Waals surface area contributed by atoms with Crippen LogP contribution < -0.4 is 5.73 Å². The van der Waals surface area contributed by atoms with Crippen LogP contribution in [0.3, 0.4) is 0 Å². The summed E-state index contributed by atoms with van der Waals surface area (Å²) in [5.74, 6) is -0.0832. The van der Waals surface area contributed by atoms with Crippen molar-refractivity contribution in [2.24, 2.45) is 5.73 Å². The molecule has 0 bridgehead atoms. The third kappa shape index (κ3) is 3.01. The third-order valence-electron chi connectivity index (χ3n) is 2.40. The second kappa shape index (κ2) is 5.73. The minimum atomic E-state index is -0.727. The van der Waals surface area contributed by atoms with Crippen LogP contribution in [0.4, 0.5) is 0 Å². The highest BCUT2D eigenvalue weighted by Crippen LogP contribution is 2.35. The summed E-state index contributed by atoms with van der Waals surface area (Å²) in [5.41, 5.74) is 6.18. The molecule has 0 saturated carbocycles. The lowest BCUT2D eigenvalue weighted by atomic mass is 9.98. The molecule has 0 aliphatic rings. The lowest BCUT2D eigenvalue weighted by molar-refractivity contribution is 0.133. The number of aliphatic hydroxyl groups excluding tert-OH is 1. The van der Waals surface area contributed by atoms with Crippen LogP contribution in [0.2, 0.25) is 10.0 Å². The molecule has 0 saturated heterocycles. The van der Waals surface area contributed by atoms with Crippen molar-refractivity contribution in [2.45, 2.75) is 31.9 Å². The van der Waals surface area contributed by atoms with Crippen molar-refractivity contribution in [3.63, 3.8) is 0 Å². The molecule has 0 aromatic heterocycles. The standard InChI is InChI=1S/C11H15Cl2NO2/c1-2-3-8(15)11(14)10-7(13)4-6(12)5-9(10)16/h4-5,8,11,15-16H,2-3,14H2,1H3/t8-,11-/m0/s1. The first-order valence-electron chi connectivity index (χ1n) is 5.09. The fourth-order valence-corrected chi connectivity index (χ4v) is 2.18. The van der Waals surface area contributed by atoms with Gasteiger partial charge in [-0.3, -0.25) is 0 Å². The molecule has 0 amide bonds. The van der Waals surface area contributed by atoms with Gasteiger partial charge in [0.05, 0.1) is 17.2 Å². The number of aliphatic hydroxyl groups is 1. The van der Waals surface area contributed by atoms with Crippen LogP contribution in [0.25, 0.3) is 0 Å². The molecule has 2 atom stereocenters. The number of phenols is 1. The zero-order valence-corrected chi connectivity index (χ0v) is 10.5. The first-order chi connectivity index (χ1) is 7.47.